The van der Waals surface area contributed by atoms with Crippen molar-refractivity contribution >= 4 is 12.1 Å². The molecule has 6 heteroatoms. The maximum atomic E-state index is 12.2. The summed E-state index contributed by atoms with van der Waals surface area (Å²) >= 11 is 0. The number of ether oxygens (including phenoxy) is 1. The van der Waals surface area contributed by atoms with Gasteiger partial charge in [-0.1, -0.05) is 30.3 Å². The van der Waals surface area contributed by atoms with Gasteiger partial charge in [-0.15, -0.1) is 0 Å². The molecule has 6 nitrogen and oxygen atoms in total. The third kappa shape index (κ3) is 4.45. The largest absolute Gasteiger partial charge is 0.466 e. The molecule has 0 aliphatic carbocycles. The fraction of sp³-hybridized carbons (Fsp3) is 0.529. The van der Waals surface area contributed by atoms with Gasteiger partial charge in [0.05, 0.1) is 12.5 Å². The minimum Gasteiger partial charge on any atom is -0.466 e. The monoisotopic (exact) mass is 320 g/mol. The van der Waals surface area contributed by atoms with Crippen LogP contribution in [0, 0.1) is 5.92 Å². The van der Waals surface area contributed by atoms with Crippen LogP contribution in [0.1, 0.15) is 31.9 Å². The van der Waals surface area contributed by atoms with Gasteiger partial charge in [-0.2, -0.15) is 0 Å². The molecule has 1 saturated heterocycles. The van der Waals surface area contributed by atoms with Crippen LogP contribution in [0.15, 0.2) is 30.3 Å². The first-order valence-electron chi connectivity index (χ1n) is 7.98. The summed E-state index contributed by atoms with van der Waals surface area (Å²) in [6.07, 6.45) is -0.402. The van der Waals surface area contributed by atoms with Crippen LogP contribution in [0.2, 0.25) is 0 Å². The van der Waals surface area contributed by atoms with Crippen LogP contribution in [0.25, 0.3) is 0 Å². The minimum absolute atomic E-state index is 0.0782. The number of amides is 1. The highest BCUT2D eigenvalue weighted by Gasteiger charge is 2.37. The number of nitrogens with zero attached hydrogens (tertiary/aromatic N) is 1. The topological polar surface area (TPSA) is 78.9 Å². The number of hydrogen-bond acceptors (Lipinski definition) is 4. The summed E-state index contributed by atoms with van der Waals surface area (Å²) in [4.78, 5) is 24.7. The van der Waals surface area contributed by atoms with Gasteiger partial charge in [-0.25, -0.2) is 4.79 Å². The molecule has 1 heterocycles. The van der Waals surface area contributed by atoms with E-state index in [1.54, 1.807) is 6.92 Å². The van der Waals surface area contributed by atoms with Crippen LogP contribution in [-0.4, -0.2) is 47.8 Å². The number of piperidine rings is 1. The Balaban J connectivity index is 2.08. The summed E-state index contributed by atoms with van der Waals surface area (Å²) in [5, 5.41) is 12.6. The van der Waals surface area contributed by atoms with E-state index in [4.69, 9.17) is 9.84 Å². The molecule has 0 saturated carbocycles. The fourth-order valence-electron chi connectivity index (χ4n) is 2.97. The molecule has 1 aromatic rings. The average Bonchev–Trinajstić information content (AvgIpc) is 2.56. The molecule has 0 unspecified atom stereocenters. The summed E-state index contributed by atoms with van der Waals surface area (Å²) < 4.78 is 5.13. The van der Waals surface area contributed by atoms with Gasteiger partial charge in [0.2, 0.25) is 0 Å². The third-order valence-electron chi connectivity index (χ3n) is 4.24. The van der Waals surface area contributed by atoms with Gasteiger partial charge in [-0.3, -0.25) is 4.79 Å². The Morgan fingerprint density at radius 2 is 2.09 bits per heavy atom. The quantitative estimate of drug-likeness (QED) is 0.814. The van der Waals surface area contributed by atoms with Gasteiger partial charge in [0.1, 0.15) is 0 Å². The van der Waals surface area contributed by atoms with Crippen molar-refractivity contribution in [2.24, 2.45) is 5.92 Å². The summed E-state index contributed by atoms with van der Waals surface area (Å²) in [6.45, 7) is 4.69. The number of carbonyl (C=O) groups excluding carboxylic acids is 1. The molecule has 1 aromatic carbocycles. The maximum absolute atomic E-state index is 12.2. The summed E-state index contributed by atoms with van der Waals surface area (Å²) in [5.41, 5.74) is 1.13. The number of benzene rings is 1. The molecule has 1 aliphatic rings. The highest BCUT2D eigenvalue weighted by molar-refractivity contribution is 5.75. The molecule has 126 valence electrons. The van der Waals surface area contributed by atoms with Gasteiger partial charge in [0.15, 0.2) is 0 Å². The first-order chi connectivity index (χ1) is 11.0. The van der Waals surface area contributed by atoms with Crippen LogP contribution in [0.3, 0.4) is 0 Å². The lowest BCUT2D eigenvalue weighted by atomic mass is 9.91. The van der Waals surface area contributed by atoms with Crippen molar-refractivity contribution in [3.63, 3.8) is 0 Å². The Hall–Kier alpha value is -2.08. The molecule has 0 radical (unpaired) electrons. The Labute approximate surface area is 136 Å². The summed E-state index contributed by atoms with van der Waals surface area (Å²) in [6, 6.07) is 9.96. The van der Waals surface area contributed by atoms with E-state index >= 15 is 0 Å². The van der Waals surface area contributed by atoms with Crippen LogP contribution < -0.4 is 5.32 Å². The molecule has 3 atom stereocenters. The molecule has 0 aromatic heterocycles. The molecule has 2 rings (SSSR count). The van der Waals surface area contributed by atoms with Crippen LogP contribution in [0.5, 0.6) is 0 Å². The molecule has 0 bridgehead atoms. The Bertz CT molecular complexity index is 535. The lowest BCUT2D eigenvalue weighted by Crippen LogP contribution is -2.54. The molecule has 23 heavy (non-hydrogen) atoms. The fourth-order valence-corrected chi connectivity index (χ4v) is 2.97. The first kappa shape index (κ1) is 17.3. The second-order valence-electron chi connectivity index (χ2n) is 5.78. The van der Waals surface area contributed by atoms with Gasteiger partial charge in [-0.05, 0) is 25.8 Å². The zero-order valence-electron chi connectivity index (χ0n) is 13.6. The van der Waals surface area contributed by atoms with E-state index in [1.807, 2.05) is 37.3 Å². The predicted octanol–water partition coefficient (Wildman–Crippen LogP) is 2.27. The van der Waals surface area contributed by atoms with E-state index in [0.717, 1.165) is 5.56 Å². The summed E-state index contributed by atoms with van der Waals surface area (Å²) in [7, 11) is 0. The number of carbonyl (C=O) groups is 2. The van der Waals surface area contributed by atoms with Crippen molar-refractivity contribution < 1.29 is 19.4 Å². The second kappa shape index (κ2) is 7.97. The van der Waals surface area contributed by atoms with E-state index in [0.29, 0.717) is 19.6 Å². The van der Waals surface area contributed by atoms with Crippen molar-refractivity contribution in [2.75, 3.05) is 19.7 Å². The van der Waals surface area contributed by atoms with Crippen LogP contribution in [-0.2, 0) is 9.53 Å². The highest BCUT2D eigenvalue weighted by atomic mass is 16.5. The standard InChI is InChI=1S/C17H24N2O4/c1-3-23-16(20)14-11-19(17(21)22)10-9-15(14)18-12(2)13-7-5-4-6-8-13/h4-8,12,14-15,18H,3,9-11H2,1-2H3,(H,21,22)/t12-,14+,15-/m1/s1. The van der Waals surface area contributed by atoms with Crippen LogP contribution in [0.4, 0.5) is 4.79 Å². The number of hydrogen-bond donors (Lipinski definition) is 2. The number of likely N-dealkylation sites (tertiary alicyclic amines) is 1. The number of nitrogens with one attached hydrogen (secondary N) is 1. The Morgan fingerprint density at radius 1 is 1.39 bits per heavy atom. The van der Waals surface area contributed by atoms with E-state index in [-0.39, 0.29) is 24.6 Å². The van der Waals surface area contributed by atoms with Gasteiger partial charge >= 0.3 is 12.1 Å². The average molecular weight is 320 g/mol. The molecule has 0 spiro atoms. The van der Waals surface area contributed by atoms with Crippen molar-refractivity contribution in [1.82, 2.24) is 10.2 Å². The zero-order valence-corrected chi connectivity index (χ0v) is 13.6. The van der Waals surface area contributed by atoms with Crippen molar-refractivity contribution in [3.05, 3.63) is 35.9 Å². The maximum Gasteiger partial charge on any atom is 0.407 e. The van der Waals surface area contributed by atoms with Crippen molar-refractivity contribution in [3.8, 4) is 0 Å². The minimum atomic E-state index is -0.992. The van der Waals surface area contributed by atoms with E-state index in [9.17, 15) is 9.59 Å². The lowest BCUT2D eigenvalue weighted by Gasteiger charge is -2.37. The number of rotatable bonds is 5. The first-order valence-corrected chi connectivity index (χ1v) is 7.98. The molecular formula is C17H24N2O4. The van der Waals surface area contributed by atoms with E-state index < -0.39 is 12.0 Å². The predicted molar refractivity (Wildman–Crippen MR) is 86.1 cm³/mol. The molecule has 2 N–H and O–H groups in total. The Kier molecular flexibility index (Phi) is 5.98. The van der Waals surface area contributed by atoms with Gasteiger partial charge in [0, 0.05) is 25.2 Å². The van der Waals surface area contributed by atoms with Gasteiger partial charge in [0.25, 0.3) is 0 Å². The van der Waals surface area contributed by atoms with Gasteiger partial charge < -0.3 is 20.1 Å². The smallest absolute Gasteiger partial charge is 0.407 e. The SMILES string of the molecule is CCOC(=O)[C@H]1CN(C(=O)O)CC[C@H]1N[C@H](C)c1ccccc1. The van der Waals surface area contributed by atoms with Crippen molar-refractivity contribution in [2.45, 2.75) is 32.4 Å². The number of esters is 1. The second-order valence-corrected chi connectivity index (χ2v) is 5.78. The Morgan fingerprint density at radius 3 is 2.70 bits per heavy atom. The molecule has 1 fully saturated rings. The normalized spacial score (nSPS) is 22.4. The zero-order chi connectivity index (χ0) is 16.8. The molecule has 1 amide bonds. The molecule has 1 aliphatic heterocycles. The lowest BCUT2D eigenvalue weighted by molar-refractivity contribution is -0.150. The van der Waals surface area contributed by atoms with E-state index in [1.165, 1.54) is 4.90 Å². The summed E-state index contributed by atoms with van der Waals surface area (Å²) in [5.74, 6) is -0.817. The van der Waals surface area contributed by atoms with Crippen LogP contribution >= 0.6 is 0 Å². The van der Waals surface area contributed by atoms with Crippen molar-refractivity contribution in [1.29, 1.82) is 0 Å². The van der Waals surface area contributed by atoms with E-state index in [2.05, 4.69) is 5.32 Å². The number of carboxylic acid groups (broad SMARTS) is 1. The molecular weight excluding hydrogens is 296 g/mol. The highest BCUT2D eigenvalue weighted by Crippen LogP contribution is 2.23. The third-order valence-corrected chi connectivity index (χ3v) is 4.24.